The maximum atomic E-state index is 12.1. The van der Waals surface area contributed by atoms with E-state index >= 15 is 0 Å². The van der Waals surface area contributed by atoms with Crippen LogP contribution in [0.4, 0.5) is 72.6 Å². The van der Waals surface area contributed by atoms with E-state index in [-0.39, 0.29) is 70.0 Å². The van der Waals surface area contributed by atoms with Crippen molar-refractivity contribution in [1.82, 2.24) is 40.0 Å². The quantitative estimate of drug-likeness (QED) is 0.00681. The molecule has 0 spiro atoms. The van der Waals surface area contributed by atoms with Gasteiger partial charge >= 0.3 is 10.4 Å². The first-order valence-electron chi connectivity index (χ1n) is 37.4. The highest BCUT2D eigenvalue weighted by Crippen LogP contribution is 2.20. The minimum atomic E-state index is -4.67. The number of nitro groups is 5. The van der Waals surface area contributed by atoms with Crippen LogP contribution in [0.3, 0.4) is 0 Å². The van der Waals surface area contributed by atoms with E-state index in [0.717, 1.165) is 129 Å². The number of carbonyl (C=O) groups is 2. The van der Waals surface area contributed by atoms with Crippen LogP contribution >= 0.6 is 36.4 Å². The van der Waals surface area contributed by atoms with E-state index in [4.69, 9.17) is 52.1 Å². The highest BCUT2D eigenvalue weighted by molar-refractivity contribution is 7.79. The van der Waals surface area contributed by atoms with Crippen LogP contribution in [0, 0.1) is 56.4 Å². The van der Waals surface area contributed by atoms with Crippen LogP contribution in [0.2, 0.25) is 5.02 Å². The minimum absolute atomic E-state index is 0. The molecule has 3 saturated heterocycles. The summed E-state index contributed by atoms with van der Waals surface area (Å²) in [6.07, 6.45) is 3.42. The number of piperazine rings is 3. The Balaban J connectivity index is 0.00000134. The molecule has 0 aromatic heterocycles. The van der Waals surface area contributed by atoms with E-state index in [2.05, 4.69) is 87.8 Å². The lowest BCUT2D eigenvalue weighted by atomic mass is 10.2. The minimum Gasteiger partial charge on any atom is -0.399 e. The van der Waals surface area contributed by atoms with Crippen LogP contribution in [-0.4, -0.2) is 262 Å². The zero-order valence-corrected chi connectivity index (χ0v) is 70.8. The van der Waals surface area contributed by atoms with E-state index in [9.17, 15) is 64.6 Å². The van der Waals surface area contributed by atoms with Crippen molar-refractivity contribution < 1.29 is 56.1 Å². The Hall–Kier alpha value is -10.6. The summed E-state index contributed by atoms with van der Waals surface area (Å²) in [6, 6.07) is 44.4. The molecule has 38 nitrogen and oxygen atoms in total. The van der Waals surface area contributed by atoms with Crippen LogP contribution in [0.5, 0.6) is 0 Å². The fourth-order valence-electron chi connectivity index (χ4n) is 10.1. The average molecular weight is 1750 g/mol. The Kier molecular flexibility index (Phi) is 57.9. The van der Waals surface area contributed by atoms with Gasteiger partial charge in [0.25, 0.3) is 28.4 Å². The predicted octanol–water partition coefficient (Wildman–Crippen LogP) is 9.64. The number of anilines is 7. The third kappa shape index (κ3) is 56.5. The molecule has 2 amide bonds. The van der Waals surface area contributed by atoms with E-state index in [1.165, 1.54) is 146 Å². The second-order valence-electron chi connectivity index (χ2n) is 26.2. The molecule has 0 aliphatic carbocycles. The molecular formula is C76H116Cl3FN22O16S. The number of amides is 2. The second-order valence-corrected chi connectivity index (χ2v) is 27.6. The van der Waals surface area contributed by atoms with Crippen molar-refractivity contribution in [2.24, 2.45) is 11.5 Å². The lowest BCUT2D eigenvalue weighted by Crippen LogP contribution is -2.44. The molecule has 3 aliphatic rings. The molecule has 0 radical (unpaired) electrons. The molecule has 3 aliphatic heterocycles. The molecule has 660 valence electrons. The molecule has 119 heavy (non-hydrogen) atoms. The summed E-state index contributed by atoms with van der Waals surface area (Å²) in [5, 5.41) is 73.1. The number of rotatable bonds is 29. The molecule has 0 atom stereocenters. The van der Waals surface area contributed by atoms with Gasteiger partial charge in [-0.25, -0.2) is 4.39 Å². The van der Waals surface area contributed by atoms with Gasteiger partial charge in [-0.3, -0.25) is 69.3 Å². The number of nitrogen functional groups attached to an aromatic ring is 2. The van der Waals surface area contributed by atoms with E-state index in [1.54, 1.807) is 36.4 Å². The lowest BCUT2D eigenvalue weighted by molar-refractivity contribution is -0.385. The molecule has 3 fully saturated rings. The summed E-state index contributed by atoms with van der Waals surface area (Å²) < 4.78 is 43.7. The van der Waals surface area contributed by atoms with Crippen molar-refractivity contribution >= 4 is 127 Å². The SMILES string of the molecule is CC(=O)NCCNc1ccc(N)cc1.CC(=O)NCCNc1ccc([N+](=O)[O-])cc1.CN1CCN(CCCN)CC1.CN1CCN(CCCNc2ccc(N)cc2)CC1.CN1CCN(CCCNc2ccc([N+](=O)[O-])cc2)CC1.Cl.Cl.NCCNc1ccc([N+](=O)[O-])cc1.O=S(=O)(O)O.O=[N+]([O-])c1ccc(Cl)cc1.O=[N+]([O-])c1ccc(F)cc1. The maximum absolute atomic E-state index is 12.1. The summed E-state index contributed by atoms with van der Waals surface area (Å²) >= 11 is 5.49. The summed E-state index contributed by atoms with van der Waals surface area (Å²) in [5.74, 6) is -0.555. The highest BCUT2D eigenvalue weighted by Gasteiger charge is 2.16. The molecule has 0 saturated carbocycles. The zero-order chi connectivity index (χ0) is 86.9. The van der Waals surface area contributed by atoms with E-state index in [0.29, 0.717) is 44.3 Å². The Morgan fingerprint density at radius 2 is 0.613 bits per heavy atom. The smallest absolute Gasteiger partial charge is 0.394 e. The van der Waals surface area contributed by atoms with Gasteiger partial charge in [0.05, 0.1) is 24.6 Å². The summed E-state index contributed by atoms with van der Waals surface area (Å²) in [5.41, 5.74) is 28.5. The topological polar surface area (TPSA) is 532 Å². The number of hydrogen-bond acceptors (Lipinski definition) is 29. The number of nitrogens with zero attached hydrogens (tertiary/aromatic N) is 11. The predicted molar refractivity (Wildman–Crippen MR) is 474 cm³/mol. The number of hydrogen-bond donors (Lipinski definition) is 13. The largest absolute Gasteiger partial charge is 0.399 e. The molecular weight excluding hydrogens is 1630 g/mol. The molecule has 7 aromatic rings. The standard InChI is InChI=1S/C14H22N4O2.C14H24N4.C10H13N3O3.C10H15N3O.C8H11N3O2.C8H19N3.C6H4ClNO2.C6H4FNO2.2ClH.H2O4S/c1-16-9-11-17(12-10-16)8-2-7-15-13-3-5-14(6-4-13)18(19)20;1-17-9-11-18(12-10-17)8-2-7-16-14-5-3-13(15)4-6-14;1-8(14)11-6-7-12-9-2-4-10(5-3-9)13(15)16;1-8(14)12-6-7-13-10-4-2-9(11)3-5-10;9-5-6-10-7-1-3-8(4-2-7)11(12)13;1-10-5-7-11(8-6-10)4-2-3-9;2*7-5-1-3-6(4-2-5)8(9)10;;;1-5(2,3)4/h3-6,15H,2,7-12H2,1H3;3-6,16H,2,7-12,15H2,1H3;2-5,12H,6-7H2,1H3,(H,11,14);2-5,13H,6-7,11H2,1H3,(H,12,14);1-4,10H,5-6,9H2;2-9H2,1H3;2*1-4H;2*1H;(H2,1,2,3,4). The Labute approximate surface area is 711 Å². The van der Waals surface area contributed by atoms with Crippen LogP contribution in [-0.2, 0) is 20.0 Å². The Bertz CT molecular complexity index is 4000. The fourth-order valence-corrected chi connectivity index (χ4v) is 10.3. The van der Waals surface area contributed by atoms with Gasteiger partial charge in [0.15, 0.2) is 0 Å². The van der Waals surface area contributed by atoms with Crippen LogP contribution < -0.4 is 60.2 Å². The van der Waals surface area contributed by atoms with Gasteiger partial charge in [0.1, 0.15) is 5.82 Å². The van der Waals surface area contributed by atoms with Crippen molar-refractivity contribution in [1.29, 1.82) is 0 Å². The number of non-ortho nitro benzene ring substituents is 5. The highest BCUT2D eigenvalue weighted by atomic mass is 35.5. The summed E-state index contributed by atoms with van der Waals surface area (Å²) in [7, 11) is 1.87. The van der Waals surface area contributed by atoms with Gasteiger partial charge in [-0.15, -0.1) is 24.8 Å². The van der Waals surface area contributed by atoms with Gasteiger partial charge in [-0.2, -0.15) is 8.42 Å². The van der Waals surface area contributed by atoms with Gasteiger partial charge in [0, 0.05) is 250 Å². The number of carbonyl (C=O) groups excluding carboxylic acids is 2. The fraction of sp³-hybridized carbons (Fsp3) is 0.421. The number of nitrogens with one attached hydrogen (secondary N) is 7. The lowest BCUT2D eigenvalue weighted by Gasteiger charge is -2.32. The summed E-state index contributed by atoms with van der Waals surface area (Å²) in [4.78, 5) is 84.8. The normalized spacial score (nSPS) is 13.1. The van der Waals surface area contributed by atoms with Crippen molar-refractivity contribution in [2.75, 3.05) is 216 Å². The number of benzene rings is 7. The van der Waals surface area contributed by atoms with Crippen molar-refractivity contribution in [3.8, 4) is 0 Å². The first-order valence-corrected chi connectivity index (χ1v) is 39.2. The molecule has 17 N–H and O–H groups in total. The van der Waals surface area contributed by atoms with Crippen molar-refractivity contribution in [3.05, 3.63) is 231 Å². The van der Waals surface area contributed by atoms with Crippen LogP contribution in [0.1, 0.15) is 33.1 Å². The Morgan fingerprint density at radius 3 is 0.857 bits per heavy atom. The van der Waals surface area contributed by atoms with Crippen molar-refractivity contribution in [2.45, 2.75) is 33.1 Å². The zero-order valence-electron chi connectivity index (χ0n) is 67.6. The molecule has 0 bridgehead atoms. The molecule has 0 unspecified atom stereocenters. The summed E-state index contributed by atoms with van der Waals surface area (Å²) in [6.45, 7) is 27.1. The van der Waals surface area contributed by atoms with Crippen molar-refractivity contribution in [3.63, 3.8) is 0 Å². The van der Waals surface area contributed by atoms with Gasteiger partial charge in [0.2, 0.25) is 11.8 Å². The molecule has 10 rings (SSSR count). The van der Waals surface area contributed by atoms with Crippen LogP contribution in [0.25, 0.3) is 0 Å². The monoisotopic (exact) mass is 1750 g/mol. The average Bonchev–Trinajstić information content (AvgIpc) is 0.737. The first-order chi connectivity index (χ1) is 55.6. The first kappa shape index (κ1) is 108. The number of halogens is 4. The molecule has 43 heteroatoms. The van der Waals surface area contributed by atoms with Gasteiger partial charge in [-0.05, 0) is 176 Å². The van der Waals surface area contributed by atoms with Gasteiger partial charge < -0.3 is 89.6 Å². The van der Waals surface area contributed by atoms with Gasteiger partial charge in [-0.1, -0.05) is 11.6 Å². The van der Waals surface area contributed by atoms with Crippen LogP contribution in [0.15, 0.2) is 170 Å². The number of likely N-dealkylation sites (N-methyl/N-ethyl adjacent to an activating group) is 3. The maximum Gasteiger partial charge on any atom is 0.394 e. The Morgan fingerprint density at radius 1 is 0.387 bits per heavy atom. The number of nitrogens with two attached hydrogens (primary N) is 4. The molecule has 3 heterocycles. The third-order valence-corrected chi connectivity index (χ3v) is 16.9. The van der Waals surface area contributed by atoms with E-state index in [1.807, 2.05) is 48.5 Å². The second kappa shape index (κ2) is 63.5. The third-order valence-electron chi connectivity index (χ3n) is 16.7. The van der Waals surface area contributed by atoms with E-state index < -0.39 is 35.9 Å². The number of nitro benzene ring substituents is 5. The molecule has 7 aromatic carbocycles.